The van der Waals surface area contributed by atoms with Crippen molar-refractivity contribution in [3.05, 3.63) is 47.8 Å². The number of hydrogen-bond acceptors (Lipinski definition) is 5. The van der Waals surface area contributed by atoms with Crippen LogP contribution in [0.1, 0.15) is 17.7 Å². The van der Waals surface area contributed by atoms with E-state index in [-0.39, 0.29) is 0 Å². The molecule has 1 aromatic carbocycles. The lowest BCUT2D eigenvalue weighted by molar-refractivity contribution is 0.280. The zero-order valence-electron chi connectivity index (χ0n) is 16.9. The number of hydrogen-bond donors (Lipinski definition) is 1. The van der Waals surface area contributed by atoms with Gasteiger partial charge in [0.2, 0.25) is 0 Å². The van der Waals surface area contributed by atoms with Crippen molar-refractivity contribution < 1.29 is 9.47 Å². The number of imidazole rings is 1. The van der Waals surface area contributed by atoms with Crippen LogP contribution in [0.3, 0.4) is 0 Å². The molecule has 1 saturated heterocycles. The highest BCUT2D eigenvalue weighted by Crippen LogP contribution is 2.34. The Morgan fingerprint density at radius 2 is 1.89 bits per heavy atom. The topological polar surface area (TPSA) is 51.0 Å². The molecule has 1 aliphatic heterocycles. The third-order valence-corrected chi connectivity index (χ3v) is 5.33. The number of methoxy groups -OCH3 is 2. The first-order valence-corrected chi connectivity index (χ1v) is 9.82. The average molecular weight is 380 g/mol. The number of rotatable bonds is 5. The number of pyridine rings is 1. The molecule has 0 saturated carbocycles. The number of aromatic nitrogens is 2. The summed E-state index contributed by atoms with van der Waals surface area (Å²) >= 11 is 0. The Balaban J connectivity index is 1.81. The highest BCUT2D eigenvalue weighted by atomic mass is 16.5. The van der Waals surface area contributed by atoms with Crippen molar-refractivity contribution in [1.29, 1.82) is 0 Å². The van der Waals surface area contributed by atoms with Gasteiger partial charge in [-0.3, -0.25) is 4.90 Å². The fourth-order valence-corrected chi connectivity index (χ4v) is 3.84. The number of nitrogens with zero attached hydrogens (tertiary/aromatic N) is 3. The van der Waals surface area contributed by atoms with Crippen LogP contribution in [0, 0.1) is 6.92 Å². The molecule has 6 heteroatoms. The molecule has 6 nitrogen and oxygen atoms in total. The van der Waals surface area contributed by atoms with Gasteiger partial charge >= 0.3 is 0 Å². The van der Waals surface area contributed by atoms with E-state index >= 15 is 0 Å². The standard InChI is InChI=1S/C22H28N4O2/c1-16-5-8-21-24-22(17-6-7-19(27-2)20(13-17)28-3)18(26(21)14-16)15-25-11-4-9-23-10-12-25/h5-8,13-14,23H,4,9-12,15H2,1-3H3. The summed E-state index contributed by atoms with van der Waals surface area (Å²) in [7, 11) is 3.32. The molecule has 148 valence electrons. The lowest BCUT2D eigenvalue weighted by Gasteiger charge is -2.20. The summed E-state index contributed by atoms with van der Waals surface area (Å²) in [5, 5.41) is 3.48. The van der Waals surface area contributed by atoms with Crippen LogP contribution in [-0.4, -0.2) is 54.7 Å². The first-order valence-electron chi connectivity index (χ1n) is 9.82. The van der Waals surface area contributed by atoms with Gasteiger partial charge in [-0.2, -0.15) is 0 Å². The molecule has 0 radical (unpaired) electrons. The van der Waals surface area contributed by atoms with Crippen molar-refractivity contribution in [1.82, 2.24) is 19.6 Å². The van der Waals surface area contributed by atoms with E-state index in [2.05, 4.69) is 45.9 Å². The zero-order valence-corrected chi connectivity index (χ0v) is 16.9. The van der Waals surface area contributed by atoms with Gasteiger partial charge in [0.25, 0.3) is 0 Å². The van der Waals surface area contributed by atoms with E-state index in [1.807, 2.05) is 12.1 Å². The van der Waals surface area contributed by atoms with Gasteiger partial charge in [0.1, 0.15) is 5.65 Å². The second kappa shape index (κ2) is 8.20. The Labute approximate surface area is 166 Å². The van der Waals surface area contributed by atoms with Gasteiger partial charge in [0.15, 0.2) is 11.5 Å². The second-order valence-electron chi connectivity index (χ2n) is 7.29. The van der Waals surface area contributed by atoms with Crippen LogP contribution in [0.15, 0.2) is 36.5 Å². The monoisotopic (exact) mass is 380 g/mol. The number of ether oxygens (including phenoxy) is 2. The molecule has 0 bridgehead atoms. The summed E-state index contributed by atoms with van der Waals surface area (Å²) in [6, 6.07) is 10.2. The van der Waals surface area contributed by atoms with E-state index in [0.717, 1.165) is 61.1 Å². The molecule has 3 heterocycles. The lowest BCUT2D eigenvalue weighted by Crippen LogP contribution is -2.28. The Bertz CT molecular complexity index is 959. The minimum absolute atomic E-state index is 0.721. The minimum Gasteiger partial charge on any atom is -0.493 e. The zero-order chi connectivity index (χ0) is 19.5. The quantitative estimate of drug-likeness (QED) is 0.737. The summed E-state index contributed by atoms with van der Waals surface area (Å²) in [6.07, 6.45) is 3.35. The fourth-order valence-electron chi connectivity index (χ4n) is 3.84. The molecular formula is C22H28N4O2. The van der Waals surface area contributed by atoms with Crippen LogP contribution in [0.25, 0.3) is 16.9 Å². The van der Waals surface area contributed by atoms with Crippen molar-refractivity contribution in [2.45, 2.75) is 19.9 Å². The van der Waals surface area contributed by atoms with Crippen molar-refractivity contribution in [3.63, 3.8) is 0 Å². The summed E-state index contributed by atoms with van der Waals surface area (Å²) < 4.78 is 13.2. The molecular weight excluding hydrogens is 352 g/mol. The fraction of sp³-hybridized carbons (Fsp3) is 0.409. The molecule has 0 aliphatic carbocycles. The molecule has 4 rings (SSSR count). The highest BCUT2D eigenvalue weighted by Gasteiger charge is 2.19. The van der Waals surface area contributed by atoms with Gasteiger partial charge < -0.3 is 19.2 Å². The number of fused-ring (bicyclic) bond motifs is 1. The minimum atomic E-state index is 0.721. The first kappa shape index (κ1) is 18.8. The number of benzene rings is 1. The van der Waals surface area contributed by atoms with E-state index in [1.165, 1.54) is 17.7 Å². The van der Waals surface area contributed by atoms with E-state index in [4.69, 9.17) is 14.5 Å². The van der Waals surface area contributed by atoms with Crippen LogP contribution < -0.4 is 14.8 Å². The molecule has 0 amide bonds. The second-order valence-corrected chi connectivity index (χ2v) is 7.29. The van der Waals surface area contributed by atoms with E-state index in [0.29, 0.717) is 0 Å². The average Bonchev–Trinajstić information content (AvgIpc) is 2.88. The van der Waals surface area contributed by atoms with Crippen molar-refractivity contribution in [3.8, 4) is 22.8 Å². The molecule has 1 N–H and O–H groups in total. The molecule has 1 fully saturated rings. The first-order chi connectivity index (χ1) is 13.7. The van der Waals surface area contributed by atoms with E-state index in [1.54, 1.807) is 14.2 Å². The Morgan fingerprint density at radius 1 is 1.04 bits per heavy atom. The predicted molar refractivity (Wildman–Crippen MR) is 111 cm³/mol. The van der Waals surface area contributed by atoms with Gasteiger partial charge in [-0.1, -0.05) is 6.07 Å². The lowest BCUT2D eigenvalue weighted by atomic mass is 10.1. The van der Waals surface area contributed by atoms with Crippen LogP contribution in [-0.2, 0) is 6.54 Å². The summed E-state index contributed by atoms with van der Waals surface area (Å²) in [5.74, 6) is 1.45. The maximum Gasteiger partial charge on any atom is 0.161 e. The molecule has 3 aromatic rings. The largest absolute Gasteiger partial charge is 0.493 e. The van der Waals surface area contributed by atoms with Crippen molar-refractivity contribution in [2.75, 3.05) is 40.4 Å². The summed E-state index contributed by atoms with van der Waals surface area (Å²) in [4.78, 5) is 7.48. The van der Waals surface area contributed by atoms with Crippen molar-refractivity contribution >= 4 is 5.65 Å². The maximum absolute atomic E-state index is 5.52. The third-order valence-electron chi connectivity index (χ3n) is 5.33. The molecule has 1 aliphatic rings. The number of nitrogens with one attached hydrogen (secondary N) is 1. The maximum atomic E-state index is 5.52. The number of aryl methyl sites for hydroxylation is 1. The van der Waals surface area contributed by atoms with Crippen molar-refractivity contribution in [2.24, 2.45) is 0 Å². The van der Waals surface area contributed by atoms with Gasteiger partial charge in [0, 0.05) is 31.4 Å². The highest BCUT2D eigenvalue weighted by molar-refractivity contribution is 5.69. The van der Waals surface area contributed by atoms with E-state index in [9.17, 15) is 0 Å². The summed E-state index contributed by atoms with van der Waals surface area (Å²) in [6.45, 7) is 7.25. The Kier molecular flexibility index (Phi) is 5.50. The van der Waals surface area contributed by atoms with Gasteiger partial charge in [-0.15, -0.1) is 0 Å². The van der Waals surface area contributed by atoms with E-state index < -0.39 is 0 Å². The SMILES string of the molecule is COc1ccc(-c2nc3ccc(C)cn3c2CN2CCCNCC2)cc1OC. The molecule has 0 unspecified atom stereocenters. The predicted octanol–water partition coefficient (Wildman–Crippen LogP) is 3.12. The normalized spacial score (nSPS) is 15.5. The Hall–Kier alpha value is -2.57. The molecule has 0 spiro atoms. The smallest absolute Gasteiger partial charge is 0.161 e. The molecule has 0 atom stereocenters. The third kappa shape index (κ3) is 3.70. The molecule has 28 heavy (non-hydrogen) atoms. The van der Waals surface area contributed by atoms with Gasteiger partial charge in [-0.05, 0) is 56.3 Å². The van der Waals surface area contributed by atoms with Crippen LogP contribution >= 0.6 is 0 Å². The van der Waals surface area contributed by atoms with Gasteiger partial charge in [0.05, 0.1) is 25.6 Å². The Morgan fingerprint density at radius 3 is 2.71 bits per heavy atom. The summed E-state index contributed by atoms with van der Waals surface area (Å²) in [5.41, 5.74) is 5.46. The van der Waals surface area contributed by atoms with Crippen LogP contribution in [0.4, 0.5) is 0 Å². The van der Waals surface area contributed by atoms with Crippen LogP contribution in [0.5, 0.6) is 11.5 Å². The van der Waals surface area contributed by atoms with Gasteiger partial charge in [-0.25, -0.2) is 4.98 Å². The van der Waals surface area contributed by atoms with Crippen LogP contribution in [0.2, 0.25) is 0 Å². The molecule has 2 aromatic heterocycles.